The van der Waals surface area contributed by atoms with Crippen LogP contribution < -0.4 is 10.6 Å². The molecule has 0 aliphatic carbocycles. The molecule has 1 rings (SSSR count). The normalized spacial score (nSPS) is 24.9. The first-order chi connectivity index (χ1) is 8.17. The largest absolute Gasteiger partial charge is 0.367 e. The molecule has 2 unspecified atom stereocenters. The van der Waals surface area contributed by atoms with Gasteiger partial charge in [0.15, 0.2) is 0 Å². The Kier molecular flexibility index (Phi) is 6.52. The Morgan fingerprint density at radius 3 is 2.76 bits per heavy atom. The number of nitrogens with one attached hydrogen (secondary N) is 2. The van der Waals surface area contributed by atoms with Crippen LogP contribution in [0.25, 0.3) is 0 Å². The Bertz CT molecular complexity index is 229. The minimum atomic E-state index is 0.0106. The van der Waals surface area contributed by atoms with Crippen molar-refractivity contribution in [1.82, 2.24) is 10.6 Å². The maximum atomic E-state index is 11.7. The van der Waals surface area contributed by atoms with Crippen molar-refractivity contribution in [3.8, 4) is 0 Å². The summed E-state index contributed by atoms with van der Waals surface area (Å²) in [7, 11) is 0. The van der Waals surface area contributed by atoms with Crippen LogP contribution in [0.3, 0.4) is 0 Å². The van der Waals surface area contributed by atoms with Crippen LogP contribution in [0.2, 0.25) is 0 Å². The lowest BCUT2D eigenvalue weighted by Gasteiger charge is -2.29. The van der Waals surface area contributed by atoms with Gasteiger partial charge in [0, 0.05) is 12.6 Å². The third kappa shape index (κ3) is 5.04. The molecule has 0 aromatic heterocycles. The van der Waals surface area contributed by atoms with Crippen LogP contribution in [-0.2, 0) is 9.53 Å². The molecule has 4 nitrogen and oxygen atoms in total. The summed E-state index contributed by atoms with van der Waals surface area (Å²) in [5.74, 6) is 0.550. The van der Waals surface area contributed by atoms with E-state index >= 15 is 0 Å². The van der Waals surface area contributed by atoms with E-state index in [1.165, 1.54) is 0 Å². The molecule has 1 amide bonds. The quantitative estimate of drug-likeness (QED) is 0.738. The molecule has 0 aromatic carbocycles. The van der Waals surface area contributed by atoms with Gasteiger partial charge >= 0.3 is 0 Å². The summed E-state index contributed by atoms with van der Waals surface area (Å²) in [6.45, 7) is 8.46. The highest BCUT2D eigenvalue weighted by Gasteiger charge is 2.22. The van der Waals surface area contributed by atoms with Crippen molar-refractivity contribution >= 4 is 5.91 Å². The number of ether oxygens (including phenoxy) is 1. The molecule has 17 heavy (non-hydrogen) atoms. The Hall–Kier alpha value is -0.610. The summed E-state index contributed by atoms with van der Waals surface area (Å²) in [4.78, 5) is 11.7. The fourth-order valence-electron chi connectivity index (χ4n) is 2.13. The molecule has 100 valence electrons. The van der Waals surface area contributed by atoms with E-state index in [1.54, 1.807) is 0 Å². The van der Waals surface area contributed by atoms with E-state index in [-0.39, 0.29) is 24.7 Å². The first kappa shape index (κ1) is 14.5. The van der Waals surface area contributed by atoms with Gasteiger partial charge in [0.25, 0.3) is 0 Å². The molecule has 1 heterocycles. The number of hydrogen-bond acceptors (Lipinski definition) is 3. The van der Waals surface area contributed by atoms with Crippen molar-refractivity contribution in [2.45, 2.75) is 52.2 Å². The van der Waals surface area contributed by atoms with Gasteiger partial charge in [-0.2, -0.15) is 0 Å². The predicted octanol–water partition coefficient (Wildman–Crippen LogP) is 1.31. The van der Waals surface area contributed by atoms with E-state index in [9.17, 15) is 4.79 Å². The highest BCUT2D eigenvalue weighted by atomic mass is 16.5. The minimum Gasteiger partial charge on any atom is -0.367 e. The first-order valence-corrected chi connectivity index (χ1v) is 6.79. The van der Waals surface area contributed by atoms with Gasteiger partial charge in [-0.15, -0.1) is 0 Å². The molecule has 4 heteroatoms. The number of carbonyl (C=O) groups excluding carboxylic acids is 1. The smallest absolute Gasteiger partial charge is 0.246 e. The molecule has 1 saturated heterocycles. The summed E-state index contributed by atoms with van der Waals surface area (Å²) in [5.41, 5.74) is 0. The summed E-state index contributed by atoms with van der Waals surface area (Å²) in [5, 5.41) is 6.28. The maximum Gasteiger partial charge on any atom is 0.246 e. The Morgan fingerprint density at radius 1 is 1.47 bits per heavy atom. The molecule has 0 spiro atoms. The molecule has 0 saturated carbocycles. The van der Waals surface area contributed by atoms with E-state index in [1.807, 2.05) is 0 Å². The van der Waals surface area contributed by atoms with Crippen molar-refractivity contribution in [2.24, 2.45) is 5.92 Å². The monoisotopic (exact) mass is 242 g/mol. The average Bonchev–Trinajstić information content (AvgIpc) is 2.35. The van der Waals surface area contributed by atoms with Crippen molar-refractivity contribution in [3.63, 3.8) is 0 Å². The Balaban J connectivity index is 2.22. The molecule has 0 bridgehead atoms. The lowest BCUT2D eigenvalue weighted by molar-refractivity contribution is -0.129. The highest BCUT2D eigenvalue weighted by Crippen LogP contribution is 2.14. The van der Waals surface area contributed by atoms with Crippen LogP contribution in [0.4, 0.5) is 0 Å². The van der Waals surface area contributed by atoms with Gasteiger partial charge in [0.2, 0.25) is 5.91 Å². The van der Waals surface area contributed by atoms with Gasteiger partial charge < -0.3 is 15.4 Å². The lowest BCUT2D eigenvalue weighted by atomic mass is 9.97. The van der Waals surface area contributed by atoms with Gasteiger partial charge in [-0.05, 0) is 31.7 Å². The second kappa shape index (κ2) is 7.67. The third-order valence-corrected chi connectivity index (χ3v) is 3.54. The standard InChI is InChI=1S/C13H26N2O2/c1-4-11(5-2)15-13(16)9-17-12-8-14-7-6-10(12)3/h10-12,14H,4-9H2,1-3H3,(H,15,16). The fraction of sp³-hybridized carbons (Fsp3) is 0.923. The van der Waals surface area contributed by atoms with Crippen molar-refractivity contribution in [1.29, 1.82) is 0 Å². The Labute approximate surface area is 104 Å². The van der Waals surface area contributed by atoms with Gasteiger partial charge in [0.05, 0.1) is 6.10 Å². The van der Waals surface area contributed by atoms with Gasteiger partial charge in [-0.3, -0.25) is 4.79 Å². The second-order valence-electron chi connectivity index (χ2n) is 4.90. The van der Waals surface area contributed by atoms with Crippen molar-refractivity contribution < 1.29 is 9.53 Å². The molecular formula is C13H26N2O2. The van der Waals surface area contributed by atoms with Crippen LogP contribution >= 0.6 is 0 Å². The van der Waals surface area contributed by atoms with Crippen molar-refractivity contribution in [2.75, 3.05) is 19.7 Å². The predicted molar refractivity (Wildman–Crippen MR) is 68.9 cm³/mol. The summed E-state index contributed by atoms with van der Waals surface area (Å²) in [6, 6.07) is 0.285. The van der Waals surface area contributed by atoms with Crippen LogP contribution in [0, 0.1) is 5.92 Å². The molecule has 2 N–H and O–H groups in total. The van der Waals surface area contributed by atoms with Gasteiger partial charge in [0.1, 0.15) is 6.61 Å². The van der Waals surface area contributed by atoms with Gasteiger partial charge in [-0.25, -0.2) is 0 Å². The Morgan fingerprint density at radius 2 is 2.18 bits per heavy atom. The lowest BCUT2D eigenvalue weighted by Crippen LogP contribution is -2.44. The molecular weight excluding hydrogens is 216 g/mol. The summed E-state index contributed by atoms with van der Waals surface area (Å²) >= 11 is 0. The van der Waals surface area contributed by atoms with E-state index in [4.69, 9.17) is 4.74 Å². The van der Waals surface area contributed by atoms with E-state index < -0.39 is 0 Å². The van der Waals surface area contributed by atoms with Crippen LogP contribution in [0.15, 0.2) is 0 Å². The number of carbonyl (C=O) groups is 1. The fourth-order valence-corrected chi connectivity index (χ4v) is 2.13. The van der Waals surface area contributed by atoms with Crippen molar-refractivity contribution in [3.05, 3.63) is 0 Å². The number of rotatable bonds is 6. The minimum absolute atomic E-state index is 0.0106. The van der Waals surface area contributed by atoms with Gasteiger partial charge in [-0.1, -0.05) is 20.8 Å². The number of piperidine rings is 1. The van der Waals surface area contributed by atoms with E-state index in [0.717, 1.165) is 32.4 Å². The zero-order chi connectivity index (χ0) is 12.7. The SMILES string of the molecule is CCC(CC)NC(=O)COC1CNCCC1C. The van der Waals surface area contributed by atoms with Crippen LogP contribution in [0.1, 0.15) is 40.0 Å². The zero-order valence-electron chi connectivity index (χ0n) is 11.3. The zero-order valence-corrected chi connectivity index (χ0v) is 11.3. The van der Waals surface area contributed by atoms with Crippen LogP contribution in [0.5, 0.6) is 0 Å². The highest BCUT2D eigenvalue weighted by molar-refractivity contribution is 5.77. The summed E-state index contributed by atoms with van der Waals surface area (Å²) in [6.07, 6.45) is 3.25. The molecule has 1 aliphatic heterocycles. The van der Waals surface area contributed by atoms with E-state index in [2.05, 4.69) is 31.4 Å². The molecule has 2 atom stereocenters. The average molecular weight is 242 g/mol. The molecule has 1 fully saturated rings. The topological polar surface area (TPSA) is 50.4 Å². The van der Waals surface area contributed by atoms with Crippen LogP contribution in [-0.4, -0.2) is 37.7 Å². The molecule has 0 aromatic rings. The summed E-state index contributed by atoms with van der Waals surface area (Å²) < 4.78 is 5.67. The number of amides is 1. The maximum absolute atomic E-state index is 11.7. The molecule has 0 radical (unpaired) electrons. The molecule has 1 aliphatic rings. The van der Waals surface area contributed by atoms with E-state index in [0.29, 0.717) is 5.92 Å². The third-order valence-electron chi connectivity index (χ3n) is 3.54. The first-order valence-electron chi connectivity index (χ1n) is 6.79. The number of hydrogen-bond donors (Lipinski definition) is 2. The second-order valence-corrected chi connectivity index (χ2v) is 4.90.